The lowest BCUT2D eigenvalue weighted by atomic mass is 9.67. The third-order valence-corrected chi connectivity index (χ3v) is 7.16. The highest BCUT2D eigenvalue weighted by molar-refractivity contribution is 5.78. The van der Waals surface area contributed by atoms with Gasteiger partial charge in [0.05, 0.1) is 6.54 Å². The Morgan fingerprint density at radius 2 is 1.56 bits per heavy atom. The molecule has 3 rings (SSSR count). The maximum Gasteiger partial charge on any atom is 0.236 e. The highest BCUT2D eigenvalue weighted by Gasteiger charge is 2.39. The van der Waals surface area contributed by atoms with Gasteiger partial charge in [-0.05, 0) is 56.9 Å². The van der Waals surface area contributed by atoms with E-state index in [0.29, 0.717) is 30.0 Å². The summed E-state index contributed by atoms with van der Waals surface area (Å²) in [5.41, 5.74) is 0.526. The number of rotatable bonds is 6. The fraction of sp³-hybridized carbons (Fsp3) is 0.955. The Morgan fingerprint density at radius 1 is 0.963 bits per heavy atom. The van der Waals surface area contributed by atoms with Crippen molar-refractivity contribution in [1.82, 2.24) is 20.0 Å². The molecule has 0 radical (unpaired) electrons. The molecule has 1 amide bonds. The van der Waals surface area contributed by atoms with Crippen LogP contribution in [0.3, 0.4) is 0 Å². The van der Waals surface area contributed by atoms with Gasteiger partial charge in [-0.1, -0.05) is 20.8 Å². The average molecular weight is 379 g/mol. The SMILES string of the molecule is CCCN1CCN(CC(=O)N2CCC3(CCC(NC(C)C)CC3)CC2)CC1. The Bertz CT molecular complexity index is 455. The molecule has 156 valence electrons. The molecule has 2 heterocycles. The minimum Gasteiger partial charge on any atom is -0.342 e. The van der Waals surface area contributed by atoms with Gasteiger partial charge < -0.3 is 15.1 Å². The lowest BCUT2D eigenvalue weighted by Gasteiger charge is -2.46. The second-order valence-corrected chi connectivity index (χ2v) is 9.59. The lowest BCUT2D eigenvalue weighted by Crippen LogP contribution is -2.52. The van der Waals surface area contributed by atoms with Crippen molar-refractivity contribution in [2.45, 2.75) is 77.8 Å². The fourth-order valence-corrected chi connectivity index (χ4v) is 5.38. The van der Waals surface area contributed by atoms with Crippen molar-refractivity contribution in [3.05, 3.63) is 0 Å². The molecule has 2 saturated heterocycles. The lowest BCUT2D eigenvalue weighted by molar-refractivity contribution is -0.135. The predicted molar refractivity (Wildman–Crippen MR) is 112 cm³/mol. The molecular formula is C22H42N4O. The smallest absolute Gasteiger partial charge is 0.236 e. The van der Waals surface area contributed by atoms with Gasteiger partial charge in [0.25, 0.3) is 0 Å². The van der Waals surface area contributed by atoms with Crippen LogP contribution in [0, 0.1) is 5.41 Å². The number of likely N-dealkylation sites (tertiary alicyclic amines) is 1. The second-order valence-electron chi connectivity index (χ2n) is 9.59. The second kappa shape index (κ2) is 9.71. The first-order valence-corrected chi connectivity index (χ1v) is 11.5. The van der Waals surface area contributed by atoms with Gasteiger partial charge in [-0.25, -0.2) is 0 Å². The van der Waals surface area contributed by atoms with E-state index >= 15 is 0 Å². The topological polar surface area (TPSA) is 38.8 Å². The number of hydrogen-bond acceptors (Lipinski definition) is 4. The molecule has 1 spiro atoms. The van der Waals surface area contributed by atoms with Crippen LogP contribution in [0.25, 0.3) is 0 Å². The van der Waals surface area contributed by atoms with Crippen molar-refractivity contribution in [3.63, 3.8) is 0 Å². The van der Waals surface area contributed by atoms with Gasteiger partial charge in [-0.15, -0.1) is 0 Å². The van der Waals surface area contributed by atoms with E-state index in [-0.39, 0.29) is 0 Å². The molecule has 1 N–H and O–H groups in total. The van der Waals surface area contributed by atoms with E-state index in [1.165, 1.54) is 51.5 Å². The predicted octanol–water partition coefficient (Wildman–Crippen LogP) is 2.56. The van der Waals surface area contributed by atoms with Gasteiger partial charge >= 0.3 is 0 Å². The summed E-state index contributed by atoms with van der Waals surface area (Å²) in [4.78, 5) is 19.8. The molecule has 5 heteroatoms. The van der Waals surface area contributed by atoms with Crippen LogP contribution < -0.4 is 5.32 Å². The summed E-state index contributed by atoms with van der Waals surface area (Å²) in [5.74, 6) is 0.365. The van der Waals surface area contributed by atoms with Crippen molar-refractivity contribution in [3.8, 4) is 0 Å². The molecule has 0 unspecified atom stereocenters. The standard InChI is InChI=1S/C22H42N4O/c1-4-11-24-14-16-25(17-15-24)18-21(27)26-12-9-22(10-13-26)7-5-20(6-8-22)23-19(2)3/h19-20,23H,4-18H2,1-3H3. The quantitative estimate of drug-likeness (QED) is 0.771. The molecule has 1 aliphatic carbocycles. The van der Waals surface area contributed by atoms with Crippen molar-refractivity contribution >= 4 is 5.91 Å². The first-order chi connectivity index (χ1) is 13.0. The van der Waals surface area contributed by atoms with E-state index in [9.17, 15) is 4.79 Å². The Labute approximate surface area is 166 Å². The van der Waals surface area contributed by atoms with Crippen molar-refractivity contribution < 1.29 is 4.79 Å². The molecule has 27 heavy (non-hydrogen) atoms. The van der Waals surface area contributed by atoms with E-state index in [1.54, 1.807) is 0 Å². The van der Waals surface area contributed by atoms with Crippen LogP contribution in [-0.4, -0.2) is 85.0 Å². The fourth-order valence-electron chi connectivity index (χ4n) is 5.38. The van der Waals surface area contributed by atoms with Crippen LogP contribution in [-0.2, 0) is 4.79 Å². The number of nitrogens with one attached hydrogen (secondary N) is 1. The maximum atomic E-state index is 12.8. The minimum absolute atomic E-state index is 0.365. The Balaban J connectivity index is 1.37. The van der Waals surface area contributed by atoms with Gasteiger partial charge in [0.15, 0.2) is 0 Å². The Hall–Kier alpha value is -0.650. The van der Waals surface area contributed by atoms with E-state index in [2.05, 4.69) is 40.8 Å². The van der Waals surface area contributed by atoms with Gasteiger partial charge in [0.2, 0.25) is 5.91 Å². The van der Waals surface area contributed by atoms with Crippen LogP contribution in [0.4, 0.5) is 0 Å². The minimum atomic E-state index is 0.365. The van der Waals surface area contributed by atoms with Crippen molar-refractivity contribution in [2.24, 2.45) is 5.41 Å². The summed E-state index contributed by atoms with van der Waals surface area (Å²) in [7, 11) is 0. The molecule has 0 aromatic heterocycles. The molecule has 0 atom stereocenters. The van der Waals surface area contributed by atoms with Crippen molar-refractivity contribution in [1.29, 1.82) is 0 Å². The Morgan fingerprint density at radius 3 is 2.11 bits per heavy atom. The number of hydrogen-bond donors (Lipinski definition) is 1. The van der Waals surface area contributed by atoms with Crippen LogP contribution in [0.2, 0.25) is 0 Å². The van der Waals surface area contributed by atoms with Gasteiger partial charge in [0.1, 0.15) is 0 Å². The van der Waals surface area contributed by atoms with Crippen molar-refractivity contribution in [2.75, 3.05) is 52.4 Å². The van der Waals surface area contributed by atoms with E-state index in [1.807, 2.05) is 0 Å². The monoisotopic (exact) mass is 378 g/mol. The summed E-state index contributed by atoms with van der Waals surface area (Å²) in [5, 5.41) is 3.71. The zero-order chi connectivity index (χ0) is 19.3. The van der Waals surface area contributed by atoms with Crippen LogP contribution in [0.15, 0.2) is 0 Å². The number of piperazine rings is 1. The summed E-state index contributed by atoms with van der Waals surface area (Å²) in [6, 6.07) is 1.30. The first-order valence-electron chi connectivity index (χ1n) is 11.5. The molecule has 1 saturated carbocycles. The number of nitrogens with zero attached hydrogens (tertiary/aromatic N) is 3. The zero-order valence-corrected chi connectivity index (χ0v) is 18.0. The normalized spacial score (nSPS) is 25.4. The van der Waals surface area contributed by atoms with E-state index < -0.39 is 0 Å². The summed E-state index contributed by atoms with van der Waals surface area (Å²) >= 11 is 0. The highest BCUT2D eigenvalue weighted by Crippen LogP contribution is 2.44. The molecule has 5 nitrogen and oxygen atoms in total. The van der Waals surface area contributed by atoms with Gasteiger partial charge in [-0.3, -0.25) is 9.69 Å². The average Bonchev–Trinajstić information content (AvgIpc) is 2.66. The first kappa shape index (κ1) is 21.1. The molecule has 0 aromatic carbocycles. The zero-order valence-electron chi connectivity index (χ0n) is 18.0. The number of piperidine rings is 1. The molecule has 2 aliphatic heterocycles. The molecular weight excluding hydrogens is 336 g/mol. The summed E-state index contributed by atoms with van der Waals surface area (Å²) in [6.07, 6.45) is 8.98. The van der Waals surface area contributed by atoms with Crippen LogP contribution in [0.5, 0.6) is 0 Å². The third kappa shape index (κ3) is 5.91. The number of carbonyl (C=O) groups excluding carboxylic acids is 1. The highest BCUT2D eigenvalue weighted by atomic mass is 16.2. The van der Waals surface area contributed by atoms with E-state index in [4.69, 9.17) is 0 Å². The summed E-state index contributed by atoms with van der Waals surface area (Å²) in [6.45, 7) is 14.9. The molecule has 3 fully saturated rings. The molecule has 0 aromatic rings. The Kier molecular flexibility index (Phi) is 7.57. The van der Waals surface area contributed by atoms with Gasteiger partial charge in [-0.2, -0.15) is 0 Å². The number of carbonyl (C=O) groups is 1. The molecule has 0 bridgehead atoms. The van der Waals surface area contributed by atoms with Crippen LogP contribution in [0.1, 0.15) is 65.7 Å². The largest absolute Gasteiger partial charge is 0.342 e. The van der Waals surface area contributed by atoms with E-state index in [0.717, 1.165) is 39.3 Å². The molecule has 3 aliphatic rings. The maximum absolute atomic E-state index is 12.8. The summed E-state index contributed by atoms with van der Waals surface area (Å²) < 4.78 is 0. The van der Waals surface area contributed by atoms with Gasteiger partial charge in [0, 0.05) is 51.4 Å². The number of amides is 1. The van der Waals surface area contributed by atoms with Crippen LogP contribution >= 0.6 is 0 Å². The third-order valence-electron chi connectivity index (χ3n) is 7.16.